The van der Waals surface area contributed by atoms with Gasteiger partial charge in [-0.15, -0.1) is 0 Å². The van der Waals surface area contributed by atoms with Crippen LogP contribution in [0.5, 0.6) is 11.5 Å². The van der Waals surface area contributed by atoms with Crippen LogP contribution in [0.1, 0.15) is 29.9 Å². The largest absolute Gasteiger partial charge is 0.509 e. The quantitative estimate of drug-likeness (QED) is 0.257. The lowest BCUT2D eigenvalue weighted by Gasteiger charge is -2.45. The second-order valence-corrected chi connectivity index (χ2v) is 10.4. The maximum Gasteiger partial charge on any atom is 0.509 e. The molecular formula is C29H28N2O10. The normalized spacial score (nSPS) is 23.1. The van der Waals surface area contributed by atoms with Gasteiger partial charge in [-0.25, -0.2) is 9.59 Å². The first kappa shape index (κ1) is 26.7. The van der Waals surface area contributed by atoms with E-state index in [-0.39, 0.29) is 17.0 Å². The van der Waals surface area contributed by atoms with Crippen molar-refractivity contribution in [2.75, 3.05) is 19.5 Å². The molecule has 12 heteroatoms. The molecule has 12 nitrogen and oxygen atoms in total. The number of para-hydroxylation sites is 1. The van der Waals surface area contributed by atoms with E-state index in [9.17, 15) is 14.4 Å². The number of aromatic amines is 1. The van der Waals surface area contributed by atoms with Crippen LogP contribution in [-0.2, 0) is 18.9 Å². The Morgan fingerprint density at radius 2 is 1.78 bits per heavy atom. The van der Waals surface area contributed by atoms with Gasteiger partial charge in [-0.2, -0.15) is 0 Å². The van der Waals surface area contributed by atoms with Gasteiger partial charge < -0.3 is 43.1 Å². The molecule has 1 amide bonds. The summed E-state index contributed by atoms with van der Waals surface area (Å²) >= 11 is 0. The molecule has 4 heterocycles. The summed E-state index contributed by atoms with van der Waals surface area (Å²) in [5.41, 5.74) is 0.0137. The van der Waals surface area contributed by atoms with E-state index in [0.29, 0.717) is 22.4 Å². The number of aromatic nitrogens is 1. The number of aryl methyl sites for hydroxylation is 1. The van der Waals surface area contributed by atoms with Crippen LogP contribution >= 0.6 is 0 Å². The predicted molar refractivity (Wildman–Crippen MR) is 146 cm³/mol. The molecule has 2 aliphatic rings. The SMILES string of the molecule is COc1cc(O[C@@H]2OC(C)(C)[C@H](OC)[C@H]3OC(=O)O[C@@H]23)c(C)c2oc(=O)c(NC(=O)c3cc4ccccc4[nH]3)cc12. The summed E-state index contributed by atoms with van der Waals surface area (Å²) in [7, 11) is 2.95. The number of H-pyrrole nitrogens is 1. The van der Waals surface area contributed by atoms with E-state index in [0.717, 1.165) is 10.9 Å². The summed E-state index contributed by atoms with van der Waals surface area (Å²) in [6.07, 6.45) is -4.17. The summed E-state index contributed by atoms with van der Waals surface area (Å²) in [4.78, 5) is 40.9. The topological polar surface area (TPSA) is 148 Å². The van der Waals surface area contributed by atoms with E-state index in [4.69, 9.17) is 32.8 Å². The van der Waals surface area contributed by atoms with Gasteiger partial charge >= 0.3 is 11.8 Å². The molecule has 2 saturated heterocycles. The zero-order valence-electron chi connectivity index (χ0n) is 22.9. The van der Waals surface area contributed by atoms with Crippen molar-refractivity contribution < 1.29 is 42.4 Å². The summed E-state index contributed by atoms with van der Waals surface area (Å²) in [6.45, 7) is 5.28. The Morgan fingerprint density at radius 1 is 1.02 bits per heavy atom. The minimum Gasteiger partial charge on any atom is -0.496 e. The summed E-state index contributed by atoms with van der Waals surface area (Å²) in [5, 5.41) is 3.92. The molecule has 0 spiro atoms. The van der Waals surface area contributed by atoms with E-state index in [2.05, 4.69) is 10.3 Å². The van der Waals surface area contributed by atoms with E-state index >= 15 is 0 Å². The van der Waals surface area contributed by atoms with Gasteiger partial charge in [-0.05, 0) is 39.0 Å². The monoisotopic (exact) mass is 564 g/mol. The summed E-state index contributed by atoms with van der Waals surface area (Å²) in [6, 6.07) is 12.2. The minimum absolute atomic E-state index is 0.0617. The maximum absolute atomic E-state index is 13.0. The lowest BCUT2D eigenvalue weighted by molar-refractivity contribution is -0.282. The van der Waals surface area contributed by atoms with Gasteiger partial charge in [0.2, 0.25) is 12.4 Å². The molecule has 0 radical (unpaired) electrons. The average molecular weight is 565 g/mol. The molecule has 2 N–H and O–H groups in total. The second-order valence-electron chi connectivity index (χ2n) is 10.4. The highest BCUT2D eigenvalue weighted by Gasteiger charge is 2.59. The fraction of sp³-hybridized carbons (Fsp3) is 0.345. The Morgan fingerprint density at radius 3 is 2.51 bits per heavy atom. The average Bonchev–Trinajstić information content (AvgIpc) is 3.54. The van der Waals surface area contributed by atoms with Crippen molar-refractivity contribution in [3.8, 4) is 11.5 Å². The van der Waals surface area contributed by atoms with Crippen molar-refractivity contribution in [2.24, 2.45) is 0 Å². The Bertz CT molecular complexity index is 1710. The number of fused-ring (bicyclic) bond motifs is 3. The lowest BCUT2D eigenvalue weighted by atomic mass is 9.89. The number of methoxy groups -OCH3 is 2. The van der Waals surface area contributed by atoms with E-state index in [1.54, 1.807) is 32.9 Å². The number of hydrogen-bond acceptors (Lipinski definition) is 10. The van der Waals surface area contributed by atoms with Crippen LogP contribution in [0.25, 0.3) is 21.9 Å². The number of hydrogen-bond donors (Lipinski definition) is 2. The molecule has 0 saturated carbocycles. The van der Waals surface area contributed by atoms with Crippen molar-refractivity contribution in [3.05, 3.63) is 64.1 Å². The van der Waals surface area contributed by atoms with E-state index in [1.165, 1.54) is 20.3 Å². The van der Waals surface area contributed by atoms with Gasteiger partial charge in [0.05, 0.1) is 18.1 Å². The summed E-state index contributed by atoms with van der Waals surface area (Å²) in [5.74, 6) is 0.0787. The molecule has 0 bridgehead atoms. The third-order valence-electron chi connectivity index (χ3n) is 7.39. The maximum atomic E-state index is 13.0. The van der Waals surface area contributed by atoms with Crippen molar-refractivity contribution in [3.63, 3.8) is 0 Å². The number of rotatable bonds is 6. The van der Waals surface area contributed by atoms with Crippen LogP contribution in [0.15, 0.2) is 51.7 Å². The molecule has 2 fully saturated rings. The molecule has 2 aromatic heterocycles. The van der Waals surface area contributed by atoms with E-state index < -0.39 is 47.9 Å². The molecule has 214 valence electrons. The molecule has 4 atom stereocenters. The first-order chi connectivity index (χ1) is 19.6. The second kappa shape index (κ2) is 9.82. The van der Waals surface area contributed by atoms with Crippen LogP contribution in [-0.4, -0.2) is 61.5 Å². The van der Waals surface area contributed by atoms with Crippen LogP contribution in [0.4, 0.5) is 10.5 Å². The van der Waals surface area contributed by atoms with Crippen LogP contribution < -0.4 is 20.4 Å². The smallest absolute Gasteiger partial charge is 0.496 e. The number of carbonyl (C=O) groups excluding carboxylic acids is 2. The van der Waals surface area contributed by atoms with Gasteiger partial charge in [0, 0.05) is 29.6 Å². The number of amides is 1. The zero-order valence-corrected chi connectivity index (χ0v) is 22.9. The Hall–Kier alpha value is -4.55. The van der Waals surface area contributed by atoms with Crippen LogP contribution in [0.2, 0.25) is 0 Å². The molecule has 0 unspecified atom stereocenters. The van der Waals surface area contributed by atoms with Crippen LogP contribution in [0.3, 0.4) is 0 Å². The van der Waals surface area contributed by atoms with Crippen molar-refractivity contribution in [1.82, 2.24) is 4.98 Å². The number of anilines is 1. The number of carbonyl (C=O) groups is 2. The standard InChI is InChI=1S/C29H28N2O10/c1-13-19(37-27-23-22(39-28(34)40-23)24(36-5)29(2,3)41-27)12-20(35-4)15-11-18(26(33)38-21(13)15)31-25(32)17-10-14-8-6-7-9-16(14)30-17/h6-12,22-24,27,30H,1-5H3,(H,31,32)/t22-,23+,24+,27+/m0/s1. The van der Waals surface area contributed by atoms with Crippen molar-refractivity contribution in [2.45, 2.75) is 51.0 Å². The fourth-order valence-electron chi connectivity index (χ4n) is 5.41. The third kappa shape index (κ3) is 4.54. The van der Waals surface area contributed by atoms with Crippen molar-refractivity contribution in [1.29, 1.82) is 0 Å². The number of ether oxygens (including phenoxy) is 6. The van der Waals surface area contributed by atoms with Gasteiger partial charge in [0.15, 0.2) is 6.10 Å². The van der Waals surface area contributed by atoms with Crippen molar-refractivity contribution >= 4 is 39.6 Å². The molecular weight excluding hydrogens is 536 g/mol. The molecule has 4 aromatic rings. The summed E-state index contributed by atoms with van der Waals surface area (Å²) < 4.78 is 39.8. The minimum atomic E-state index is -1.06. The molecule has 2 aliphatic heterocycles. The highest BCUT2D eigenvalue weighted by Crippen LogP contribution is 2.41. The first-order valence-corrected chi connectivity index (χ1v) is 12.9. The number of benzene rings is 2. The molecule has 6 rings (SSSR count). The molecule has 2 aromatic carbocycles. The first-order valence-electron chi connectivity index (χ1n) is 12.9. The fourth-order valence-corrected chi connectivity index (χ4v) is 5.41. The highest BCUT2D eigenvalue weighted by molar-refractivity contribution is 6.06. The van der Waals surface area contributed by atoms with Gasteiger partial charge in [-0.1, -0.05) is 18.2 Å². The van der Waals surface area contributed by atoms with Gasteiger partial charge in [-0.3, -0.25) is 4.79 Å². The Kier molecular flexibility index (Phi) is 6.39. The van der Waals surface area contributed by atoms with Crippen LogP contribution in [0, 0.1) is 6.92 Å². The molecule has 0 aliphatic carbocycles. The lowest BCUT2D eigenvalue weighted by Crippen LogP contribution is -2.62. The molecule has 41 heavy (non-hydrogen) atoms. The Balaban J connectivity index is 1.33. The Labute approximate surface area is 233 Å². The van der Waals surface area contributed by atoms with Gasteiger partial charge in [0.25, 0.3) is 5.91 Å². The zero-order chi connectivity index (χ0) is 29.1. The highest BCUT2D eigenvalue weighted by atomic mass is 16.8. The number of nitrogens with one attached hydrogen (secondary N) is 2. The van der Waals surface area contributed by atoms with Gasteiger partial charge in [0.1, 0.15) is 34.6 Å². The van der Waals surface area contributed by atoms with E-state index in [1.807, 2.05) is 24.3 Å². The third-order valence-corrected chi connectivity index (χ3v) is 7.39. The predicted octanol–water partition coefficient (Wildman–Crippen LogP) is 4.28.